The number of hydrogen-bond acceptors (Lipinski definition) is 0. The van der Waals surface area contributed by atoms with Crippen molar-refractivity contribution in [1.82, 2.24) is 0 Å². The van der Waals surface area contributed by atoms with Gasteiger partial charge >= 0.3 is 0 Å². The van der Waals surface area contributed by atoms with Gasteiger partial charge in [0.05, 0.1) is 0 Å². The van der Waals surface area contributed by atoms with Crippen LogP contribution in [-0.2, 0) is 0 Å². The molecular weight excluding hydrogens is 204 g/mol. The normalized spacial score (nSPS) is 11.0. The van der Waals surface area contributed by atoms with Gasteiger partial charge in [0, 0.05) is 5.92 Å². The van der Waals surface area contributed by atoms with Crippen LogP contribution in [0.5, 0.6) is 0 Å². The summed E-state index contributed by atoms with van der Waals surface area (Å²) in [7, 11) is 0. The molecule has 0 bridgehead atoms. The smallest absolute Gasteiger partial charge is 0.00498 e. The van der Waals surface area contributed by atoms with Crippen molar-refractivity contribution in [3.63, 3.8) is 0 Å². The predicted octanol–water partition coefficient (Wildman–Crippen LogP) is 5.77. The van der Waals surface area contributed by atoms with Gasteiger partial charge in [-0.15, -0.1) is 0 Å². The molecule has 0 atom stereocenters. The van der Waals surface area contributed by atoms with Crippen molar-refractivity contribution in [2.24, 2.45) is 0 Å². The average Bonchev–Trinajstić information content (AvgIpc) is 2.39. The summed E-state index contributed by atoms with van der Waals surface area (Å²) in [6.07, 6.45) is 10.7. The summed E-state index contributed by atoms with van der Waals surface area (Å²) in [5, 5.41) is 0. The highest BCUT2D eigenvalue weighted by Gasteiger charge is 2.10. The number of benzene rings is 1. The first-order valence-corrected chi connectivity index (χ1v) is 7.28. The molecular formula is C17H27. The first-order valence-electron chi connectivity index (χ1n) is 7.28. The Morgan fingerprint density at radius 1 is 0.765 bits per heavy atom. The second kappa shape index (κ2) is 9.27. The van der Waals surface area contributed by atoms with Gasteiger partial charge in [-0.05, 0) is 18.4 Å². The molecule has 1 aromatic carbocycles. The molecule has 0 unspecified atom stereocenters. The van der Waals surface area contributed by atoms with E-state index in [0.29, 0.717) is 0 Å². The van der Waals surface area contributed by atoms with Gasteiger partial charge in [-0.25, -0.2) is 0 Å². The van der Waals surface area contributed by atoms with Crippen LogP contribution in [0.2, 0.25) is 0 Å². The Bertz CT molecular complexity index is 263. The molecule has 0 N–H and O–H groups in total. The van der Waals surface area contributed by atoms with Gasteiger partial charge in [-0.1, -0.05) is 82.7 Å². The standard InChI is InChI=1S/C17H27/c1-3-5-7-9-13-16(12-6-4-2)17-14-10-8-11-15-17/h8,10-11,14-15H,3-7,9,12-13H2,1-2H3. The Morgan fingerprint density at radius 2 is 1.41 bits per heavy atom. The summed E-state index contributed by atoms with van der Waals surface area (Å²) in [4.78, 5) is 0. The van der Waals surface area contributed by atoms with Crippen molar-refractivity contribution in [2.75, 3.05) is 0 Å². The van der Waals surface area contributed by atoms with Crippen LogP contribution in [-0.4, -0.2) is 0 Å². The molecule has 0 saturated carbocycles. The molecule has 0 spiro atoms. The molecule has 1 radical (unpaired) electrons. The third kappa shape index (κ3) is 5.91. The van der Waals surface area contributed by atoms with Gasteiger partial charge < -0.3 is 0 Å². The summed E-state index contributed by atoms with van der Waals surface area (Å²) in [5.74, 6) is 1.67. The fourth-order valence-electron chi connectivity index (χ4n) is 2.24. The van der Waals surface area contributed by atoms with Gasteiger partial charge in [-0.2, -0.15) is 0 Å². The van der Waals surface area contributed by atoms with Crippen LogP contribution in [0.4, 0.5) is 0 Å². The highest BCUT2D eigenvalue weighted by Crippen LogP contribution is 2.26. The summed E-state index contributed by atoms with van der Waals surface area (Å²) in [6.45, 7) is 4.55. The molecule has 1 rings (SSSR count). The molecule has 0 heteroatoms. The molecule has 0 fully saturated rings. The zero-order valence-corrected chi connectivity index (χ0v) is 11.5. The summed E-state index contributed by atoms with van der Waals surface area (Å²) < 4.78 is 0. The highest BCUT2D eigenvalue weighted by atomic mass is 14.1. The molecule has 0 nitrogen and oxygen atoms in total. The van der Waals surface area contributed by atoms with E-state index in [1.165, 1.54) is 56.9 Å². The first-order chi connectivity index (χ1) is 8.38. The van der Waals surface area contributed by atoms with Crippen molar-refractivity contribution in [1.29, 1.82) is 0 Å². The summed E-state index contributed by atoms with van der Waals surface area (Å²) in [5.41, 5.74) is 1.47. The second-order valence-electron chi connectivity index (χ2n) is 4.88. The van der Waals surface area contributed by atoms with Gasteiger partial charge in [0.2, 0.25) is 0 Å². The van der Waals surface area contributed by atoms with E-state index in [-0.39, 0.29) is 0 Å². The topological polar surface area (TPSA) is 0 Å². The highest BCUT2D eigenvalue weighted by molar-refractivity contribution is 5.30. The van der Waals surface area contributed by atoms with E-state index in [1.807, 2.05) is 0 Å². The van der Waals surface area contributed by atoms with Gasteiger partial charge in [0.15, 0.2) is 0 Å². The van der Waals surface area contributed by atoms with Crippen LogP contribution < -0.4 is 0 Å². The number of hydrogen-bond donors (Lipinski definition) is 0. The maximum atomic E-state index is 2.28. The average molecular weight is 231 g/mol. The molecule has 0 aromatic heterocycles. The second-order valence-corrected chi connectivity index (χ2v) is 4.88. The first kappa shape index (κ1) is 14.3. The Balaban J connectivity index is 2.43. The lowest BCUT2D eigenvalue weighted by Gasteiger charge is -2.16. The van der Waals surface area contributed by atoms with E-state index >= 15 is 0 Å². The summed E-state index contributed by atoms with van der Waals surface area (Å²) in [6, 6.07) is 11.0. The van der Waals surface area contributed by atoms with Crippen LogP contribution in [0.3, 0.4) is 0 Å². The largest absolute Gasteiger partial charge is 0.0654 e. The molecule has 0 saturated heterocycles. The quantitative estimate of drug-likeness (QED) is 0.473. The third-order valence-electron chi connectivity index (χ3n) is 3.35. The molecule has 0 aliphatic rings. The van der Waals surface area contributed by atoms with E-state index in [1.54, 1.807) is 5.92 Å². The molecule has 0 aliphatic carbocycles. The lowest BCUT2D eigenvalue weighted by atomic mass is 9.89. The Hall–Kier alpha value is -0.780. The Kier molecular flexibility index (Phi) is 7.79. The Morgan fingerprint density at radius 3 is 2.06 bits per heavy atom. The molecule has 95 valence electrons. The van der Waals surface area contributed by atoms with E-state index in [0.717, 1.165) is 0 Å². The fraction of sp³-hybridized carbons (Fsp3) is 0.588. The van der Waals surface area contributed by atoms with Crippen molar-refractivity contribution < 1.29 is 0 Å². The fourth-order valence-corrected chi connectivity index (χ4v) is 2.24. The monoisotopic (exact) mass is 231 g/mol. The van der Waals surface area contributed by atoms with Gasteiger partial charge in [0.1, 0.15) is 0 Å². The minimum atomic E-state index is 1.28. The number of rotatable bonds is 9. The predicted molar refractivity (Wildman–Crippen MR) is 77.1 cm³/mol. The van der Waals surface area contributed by atoms with Gasteiger partial charge in [0.25, 0.3) is 0 Å². The van der Waals surface area contributed by atoms with E-state index in [9.17, 15) is 0 Å². The number of unbranched alkanes of at least 4 members (excludes halogenated alkanes) is 4. The molecule has 0 amide bonds. The molecule has 0 heterocycles. The minimum absolute atomic E-state index is 1.28. The van der Waals surface area contributed by atoms with Crippen LogP contribution >= 0.6 is 0 Å². The maximum absolute atomic E-state index is 2.28. The van der Waals surface area contributed by atoms with Crippen molar-refractivity contribution in [2.45, 2.75) is 65.2 Å². The van der Waals surface area contributed by atoms with E-state index in [2.05, 4.69) is 44.2 Å². The van der Waals surface area contributed by atoms with Crippen LogP contribution in [0.15, 0.2) is 30.3 Å². The summed E-state index contributed by atoms with van der Waals surface area (Å²) >= 11 is 0. The van der Waals surface area contributed by atoms with E-state index in [4.69, 9.17) is 0 Å². The van der Waals surface area contributed by atoms with Gasteiger partial charge in [-0.3, -0.25) is 0 Å². The lowest BCUT2D eigenvalue weighted by Crippen LogP contribution is -2.00. The maximum Gasteiger partial charge on any atom is 0.00498 e. The van der Waals surface area contributed by atoms with E-state index < -0.39 is 0 Å². The lowest BCUT2D eigenvalue weighted by molar-refractivity contribution is 0.611. The Labute approximate surface area is 107 Å². The van der Waals surface area contributed by atoms with Crippen LogP contribution in [0.1, 0.15) is 70.8 Å². The zero-order chi connectivity index (χ0) is 12.3. The minimum Gasteiger partial charge on any atom is -0.0654 e. The zero-order valence-electron chi connectivity index (χ0n) is 11.5. The molecule has 1 aromatic rings. The van der Waals surface area contributed by atoms with Crippen molar-refractivity contribution in [3.05, 3.63) is 41.8 Å². The van der Waals surface area contributed by atoms with Crippen molar-refractivity contribution >= 4 is 0 Å². The molecule has 17 heavy (non-hydrogen) atoms. The molecule has 0 aliphatic heterocycles. The van der Waals surface area contributed by atoms with Crippen LogP contribution in [0.25, 0.3) is 0 Å². The SMILES string of the molecule is CCCCCC[C](CCCC)c1ccccc1. The van der Waals surface area contributed by atoms with Crippen molar-refractivity contribution in [3.8, 4) is 0 Å². The third-order valence-corrected chi connectivity index (χ3v) is 3.35. The van der Waals surface area contributed by atoms with Crippen LogP contribution in [0, 0.1) is 5.92 Å².